The molecular formula is C19H19ClN2O2. The van der Waals surface area contributed by atoms with Crippen LogP contribution in [0.5, 0.6) is 0 Å². The molecule has 0 unspecified atom stereocenters. The van der Waals surface area contributed by atoms with Crippen molar-refractivity contribution < 1.29 is 9.59 Å². The summed E-state index contributed by atoms with van der Waals surface area (Å²) in [5.74, 6) is -0.593. The van der Waals surface area contributed by atoms with E-state index in [1.807, 2.05) is 44.2 Å². The maximum Gasteiger partial charge on any atom is 0.229 e. The normalized spacial score (nSPS) is 17.2. The van der Waals surface area contributed by atoms with E-state index in [4.69, 9.17) is 11.6 Å². The highest BCUT2D eigenvalue weighted by atomic mass is 35.5. The molecule has 2 aromatic rings. The van der Waals surface area contributed by atoms with Crippen molar-refractivity contribution in [2.45, 2.75) is 20.3 Å². The molecule has 24 heavy (non-hydrogen) atoms. The first kappa shape index (κ1) is 16.5. The van der Waals surface area contributed by atoms with E-state index in [9.17, 15) is 9.59 Å². The highest BCUT2D eigenvalue weighted by Gasteiger charge is 2.35. The van der Waals surface area contributed by atoms with Gasteiger partial charge in [-0.05, 0) is 43.2 Å². The number of nitrogens with zero attached hydrogens (tertiary/aromatic N) is 1. The summed E-state index contributed by atoms with van der Waals surface area (Å²) in [6, 6.07) is 13.1. The minimum absolute atomic E-state index is 0.0794. The van der Waals surface area contributed by atoms with Gasteiger partial charge in [0.05, 0.1) is 16.6 Å². The Kier molecular flexibility index (Phi) is 4.58. The molecule has 1 aliphatic heterocycles. The molecule has 124 valence electrons. The molecule has 4 nitrogen and oxygen atoms in total. The van der Waals surface area contributed by atoms with Gasteiger partial charge >= 0.3 is 0 Å². The third-order valence-corrected chi connectivity index (χ3v) is 4.61. The number of benzene rings is 2. The molecule has 3 rings (SSSR count). The van der Waals surface area contributed by atoms with Crippen LogP contribution >= 0.6 is 11.6 Å². The van der Waals surface area contributed by atoms with Crippen molar-refractivity contribution in [1.29, 1.82) is 0 Å². The predicted molar refractivity (Wildman–Crippen MR) is 96.5 cm³/mol. The quantitative estimate of drug-likeness (QED) is 0.918. The van der Waals surface area contributed by atoms with Crippen LogP contribution in [-0.2, 0) is 9.59 Å². The van der Waals surface area contributed by atoms with Crippen LogP contribution in [0.15, 0.2) is 42.5 Å². The molecule has 1 heterocycles. The van der Waals surface area contributed by atoms with Gasteiger partial charge in [-0.3, -0.25) is 9.59 Å². The van der Waals surface area contributed by atoms with Gasteiger partial charge in [0, 0.05) is 18.7 Å². The molecule has 1 aliphatic rings. The molecule has 0 radical (unpaired) electrons. The highest BCUT2D eigenvalue weighted by molar-refractivity contribution is 6.33. The number of aryl methyl sites for hydroxylation is 2. The van der Waals surface area contributed by atoms with E-state index in [0.717, 1.165) is 16.8 Å². The Morgan fingerprint density at radius 1 is 1.21 bits per heavy atom. The molecule has 1 fully saturated rings. The second-order valence-electron chi connectivity index (χ2n) is 6.16. The molecule has 1 saturated heterocycles. The Morgan fingerprint density at radius 3 is 2.71 bits per heavy atom. The van der Waals surface area contributed by atoms with Crippen LogP contribution in [-0.4, -0.2) is 18.4 Å². The largest absolute Gasteiger partial charge is 0.326 e. The van der Waals surface area contributed by atoms with Gasteiger partial charge < -0.3 is 10.2 Å². The summed E-state index contributed by atoms with van der Waals surface area (Å²) in [6.07, 6.45) is 0.196. The lowest BCUT2D eigenvalue weighted by molar-refractivity contribution is -0.122. The van der Waals surface area contributed by atoms with Crippen molar-refractivity contribution in [2.75, 3.05) is 16.8 Å². The average molecular weight is 343 g/mol. The number of carbonyl (C=O) groups is 2. The highest BCUT2D eigenvalue weighted by Crippen LogP contribution is 2.31. The Balaban J connectivity index is 1.75. The second kappa shape index (κ2) is 6.65. The average Bonchev–Trinajstić information content (AvgIpc) is 2.93. The molecule has 5 heteroatoms. The van der Waals surface area contributed by atoms with E-state index in [1.165, 1.54) is 0 Å². The second-order valence-corrected chi connectivity index (χ2v) is 6.57. The first-order chi connectivity index (χ1) is 11.5. The number of nitrogens with one attached hydrogen (secondary N) is 1. The maximum absolute atomic E-state index is 12.6. The third kappa shape index (κ3) is 3.29. The minimum Gasteiger partial charge on any atom is -0.326 e. The van der Waals surface area contributed by atoms with Crippen LogP contribution in [0.3, 0.4) is 0 Å². The Bertz CT molecular complexity index is 804. The van der Waals surface area contributed by atoms with E-state index in [1.54, 1.807) is 17.0 Å². The van der Waals surface area contributed by atoms with E-state index in [2.05, 4.69) is 5.32 Å². The molecular weight excluding hydrogens is 324 g/mol. The molecule has 2 aromatic carbocycles. The number of amides is 2. The monoisotopic (exact) mass is 342 g/mol. The SMILES string of the molecule is Cc1ccc(C)c(NC(=O)[C@H]2CC(=O)N(c3ccccc3Cl)C2)c1. The number of anilines is 2. The van der Waals surface area contributed by atoms with Gasteiger partial charge in [-0.2, -0.15) is 0 Å². The van der Waals surface area contributed by atoms with Gasteiger partial charge in [-0.15, -0.1) is 0 Å². The number of hydrogen-bond acceptors (Lipinski definition) is 2. The minimum atomic E-state index is -0.381. The summed E-state index contributed by atoms with van der Waals surface area (Å²) in [5.41, 5.74) is 3.53. The van der Waals surface area contributed by atoms with Crippen LogP contribution in [0.4, 0.5) is 11.4 Å². The van der Waals surface area contributed by atoms with Gasteiger partial charge in [0.2, 0.25) is 11.8 Å². The number of rotatable bonds is 3. The van der Waals surface area contributed by atoms with E-state index in [-0.39, 0.29) is 24.2 Å². The van der Waals surface area contributed by atoms with E-state index < -0.39 is 0 Å². The molecule has 0 bridgehead atoms. The van der Waals surface area contributed by atoms with Crippen molar-refractivity contribution >= 4 is 34.8 Å². The maximum atomic E-state index is 12.6. The first-order valence-corrected chi connectivity index (χ1v) is 8.26. The van der Waals surface area contributed by atoms with Gasteiger partial charge in [0.15, 0.2) is 0 Å². The Morgan fingerprint density at radius 2 is 1.96 bits per heavy atom. The fraction of sp³-hybridized carbons (Fsp3) is 0.263. The number of carbonyl (C=O) groups excluding carboxylic acids is 2. The number of hydrogen-bond donors (Lipinski definition) is 1. The molecule has 0 aromatic heterocycles. The predicted octanol–water partition coefficient (Wildman–Crippen LogP) is 3.95. The van der Waals surface area contributed by atoms with Crippen LogP contribution in [0.25, 0.3) is 0 Å². The standard InChI is InChI=1S/C19H19ClN2O2/c1-12-7-8-13(2)16(9-12)21-19(24)14-10-18(23)22(11-14)17-6-4-3-5-15(17)20/h3-9,14H,10-11H2,1-2H3,(H,21,24)/t14-/m0/s1. The lowest BCUT2D eigenvalue weighted by Crippen LogP contribution is -2.28. The van der Waals surface area contributed by atoms with Gasteiger partial charge in [-0.25, -0.2) is 0 Å². The smallest absolute Gasteiger partial charge is 0.229 e. The van der Waals surface area contributed by atoms with E-state index in [0.29, 0.717) is 17.3 Å². The van der Waals surface area contributed by atoms with Crippen LogP contribution < -0.4 is 10.2 Å². The van der Waals surface area contributed by atoms with Crippen molar-refractivity contribution in [2.24, 2.45) is 5.92 Å². The first-order valence-electron chi connectivity index (χ1n) is 7.88. The lowest BCUT2D eigenvalue weighted by atomic mass is 10.1. The summed E-state index contributed by atoms with van der Waals surface area (Å²) in [4.78, 5) is 26.5. The summed E-state index contributed by atoms with van der Waals surface area (Å²) in [6.45, 7) is 4.28. The lowest BCUT2D eigenvalue weighted by Gasteiger charge is -2.18. The topological polar surface area (TPSA) is 49.4 Å². The molecule has 0 saturated carbocycles. The van der Waals surface area contributed by atoms with Crippen LogP contribution in [0.2, 0.25) is 5.02 Å². The Hall–Kier alpha value is -2.33. The molecule has 0 aliphatic carbocycles. The van der Waals surface area contributed by atoms with Crippen molar-refractivity contribution in [3.05, 3.63) is 58.6 Å². The molecule has 1 atom stereocenters. The molecule has 1 N–H and O–H groups in total. The zero-order valence-corrected chi connectivity index (χ0v) is 14.4. The summed E-state index contributed by atoms with van der Waals surface area (Å²) in [5, 5.41) is 3.46. The third-order valence-electron chi connectivity index (χ3n) is 4.29. The van der Waals surface area contributed by atoms with Gasteiger partial charge in [0.25, 0.3) is 0 Å². The fourth-order valence-corrected chi connectivity index (χ4v) is 3.13. The zero-order valence-electron chi connectivity index (χ0n) is 13.7. The zero-order chi connectivity index (χ0) is 17.3. The molecule has 2 amide bonds. The van der Waals surface area contributed by atoms with Crippen molar-refractivity contribution in [3.8, 4) is 0 Å². The van der Waals surface area contributed by atoms with Crippen molar-refractivity contribution in [1.82, 2.24) is 0 Å². The van der Waals surface area contributed by atoms with Gasteiger partial charge in [0.1, 0.15) is 0 Å². The summed E-state index contributed by atoms with van der Waals surface area (Å²) >= 11 is 6.17. The number of para-hydroxylation sites is 1. The number of halogens is 1. The summed E-state index contributed by atoms with van der Waals surface area (Å²) in [7, 11) is 0. The van der Waals surface area contributed by atoms with Crippen LogP contribution in [0, 0.1) is 19.8 Å². The van der Waals surface area contributed by atoms with E-state index >= 15 is 0 Å². The van der Waals surface area contributed by atoms with Crippen molar-refractivity contribution in [3.63, 3.8) is 0 Å². The fourth-order valence-electron chi connectivity index (χ4n) is 2.89. The Labute approximate surface area is 146 Å². The molecule has 0 spiro atoms. The van der Waals surface area contributed by atoms with Crippen LogP contribution in [0.1, 0.15) is 17.5 Å². The van der Waals surface area contributed by atoms with Gasteiger partial charge in [-0.1, -0.05) is 35.9 Å². The summed E-state index contributed by atoms with van der Waals surface area (Å²) < 4.78 is 0.